The molecule has 1 N–H and O–H groups in total. The second kappa shape index (κ2) is 6.82. The van der Waals surface area contributed by atoms with Gasteiger partial charge in [-0.1, -0.05) is 19.1 Å². The van der Waals surface area contributed by atoms with Crippen molar-refractivity contribution in [1.82, 2.24) is 0 Å². The van der Waals surface area contributed by atoms with Crippen molar-refractivity contribution in [2.75, 3.05) is 0 Å². The quantitative estimate of drug-likeness (QED) is 0.848. The van der Waals surface area contributed by atoms with Crippen LogP contribution in [-0.4, -0.2) is 17.2 Å². The number of ether oxygens (including phenoxy) is 1. The van der Waals surface area contributed by atoms with E-state index in [0.717, 1.165) is 6.08 Å². The number of carbonyl (C=O) groups is 1. The van der Waals surface area contributed by atoms with Gasteiger partial charge in [-0.2, -0.15) is 5.26 Å². The van der Waals surface area contributed by atoms with E-state index in [9.17, 15) is 4.79 Å². The highest BCUT2D eigenvalue weighted by atomic mass is 79.9. The molecule has 0 spiro atoms. The summed E-state index contributed by atoms with van der Waals surface area (Å²) in [4.78, 5) is 10.5. The summed E-state index contributed by atoms with van der Waals surface area (Å²) in [6.45, 7) is 1.84. The number of benzene rings is 1. The molecule has 1 atom stereocenters. The summed E-state index contributed by atoms with van der Waals surface area (Å²) in [6, 6.07) is 7.31. The first kappa shape index (κ1) is 14.3. The van der Waals surface area contributed by atoms with Crippen molar-refractivity contribution in [2.45, 2.75) is 19.4 Å². The third-order valence-electron chi connectivity index (χ3n) is 2.18. The van der Waals surface area contributed by atoms with Crippen molar-refractivity contribution in [2.24, 2.45) is 0 Å². The molecule has 0 saturated heterocycles. The van der Waals surface area contributed by atoms with E-state index in [0.29, 0.717) is 22.2 Å². The van der Waals surface area contributed by atoms with Crippen LogP contribution in [0.3, 0.4) is 0 Å². The predicted octanol–water partition coefficient (Wildman–Crippen LogP) is 3.23. The predicted molar refractivity (Wildman–Crippen MR) is 71.1 cm³/mol. The van der Waals surface area contributed by atoms with Crippen molar-refractivity contribution in [3.8, 4) is 11.8 Å². The first-order valence-electron chi connectivity index (χ1n) is 5.34. The summed E-state index contributed by atoms with van der Waals surface area (Å²) in [6.07, 6.45) is 2.47. The number of carboxylic acid groups (broad SMARTS) is 1. The lowest BCUT2D eigenvalue weighted by Crippen LogP contribution is -2.13. The van der Waals surface area contributed by atoms with Crippen LogP contribution in [0.4, 0.5) is 0 Å². The van der Waals surface area contributed by atoms with Crippen molar-refractivity contribution in [3.63, 3.8) is 0 Å². The fourth-order valence-electron chi connectivity index (χ4n) is 1.29. The Morgan fingerprint density at radius 3 is 2.94 bits per heavy atom. The number of nitriles is 1. The third kappa shape index (κ3) is 3.90. The van der Waals surface area contributed by atoms with E-state index in [1.165, 1.54) is 6.08 Å². The van der Waals surface area contributed by atoms with E-state index in [2.05, 4.69) is 15.9 Å². The highest BCUT2D eigenvalue weighted by Gasteiger charge is 2.12. The Kier molecular flexibility index (Phi) is 5.40. The normalized spacial score (nSPS) is 12.1. The van der Waals surface area contributed by atoms with E-state index >= 15 is 0 Å². The SMILES string of the molecule is CCC(C#N)Oc1c(Br)cccc1C=CC(=O)O. The minimum absolute atomic E-state index is 0.475. The molecule has 1 aromatic carbocycles. The lowest BCUT2D eigenvalue weighted by molar-refractivity contribution is -0.131. The Morgan fingerprint density at radius 2 is 2.39 bits per heavy atom. The molecule has 18 heavy (non-hydrogen) atoms. The topological polar surface area (TPSA) is 70.3 Å². The van der Waals surface area contributed by atoms with Crippen LogP contribution in [0.15, 0.2) is 28.7 Å². The van der Waals surface area contributed by atoms with Crippen molar-refractivity contribution in [1.29, 1.82) is 5.26 Å². The summed E-state index contributed by atoms with van der Waals surface area (Å²) < 4.78 is 6.24. The highest BCUT2D eigenvalue weighted by Crippen LogP contribution is 2.31. The van der Waals surface area contributed by atoms with Gasteiger partial charge in [-0.25, -0.2) is 4.79 Å². The lowest BCUT2D eigenvalue weighted by Gasteiger charge is -2.14. The van der Waals surface area contributed by atoms with Crippen LogP contribution >= 0.6 is 15.9 Å². The van der Waals surface area contributed by atoms with Gasteiger partial charge in [0.25, 0.3) is 0 Å². The molecule has 0 radical (unpaired) electrons. The number of hydrogen-bond acceptors (Lipinski definition) is 3. The first-order valence-corrected chi connectivity index (χ1v) is 6.13. The van der Waals surface area contributed by atoms with E-state index < -0.39 is 12.1 Å². The lowest BCUT2D eigenvalue weighted by atomic mass is 10.2. The van der Waals surface area contributed by atoms with Gasteiger partial charge in [-0.15, -0.1) is 0 Å². The zero-order valence-corrected chi connectivity index (χ0v) is 11.3. The molecule has 0 aromatic heterocycles. The highest BCUT2D eigenvalue weighted by molar-refractivity contribution is 9.10. The van der Waals surface area contributed by atoms with Gasteiger partial charge in [-0.3, -0.25) is 0 Å². The van der Waals surface area contributed by atoms with Gasteiger partial charge in [0.05, 0.1) is 4.47 Å². The van der Waals surface area contributed by atoms with Gasteiger partial charge in [-0.05, 0) is 34.5 Å². The van der Waals surface area contributed by atoms with Gasteiger partial charge < -0.3 is 9.84 Å². The molecule has 0 amide bonds. The van der Waals surface area contributed by atoms with E-state index in [4.69, 9.17) is 15.1 Å². The Morgan fingerprint density at radius 1 is 1.67 bits per heavy atom. The molecule has 1 rings (SSSR count). The van der Waals surface area contributed by atoms with Gasteiger partial charge in [0.2, 0.25) is 0 Å². The van der Waals surface area contributed by atoms with Gasteiger partial charge >= 0.3 is 5.97 Å². The van der Waals surface area contributed by atoms with Crippen LogP contribution in [0.2, 0.25) is 0 Å². The minimum Gasteiger partial charge on any atom is -0.478 e. The Labute approximate surface area is 114 Å². The number of rotatable bonds is 5. The molecule has 5 heteroatoms. The van der Waals surface area contributed by atoms with Crippen molar-refractivity contribution >= 4 is 28.0 Å². The smallest absolute Gasteiger partial charge is 0.328 e. The molecule has 0 heterocycles. The first-order chi connectivity index (χ1) is 8.58. The Hall–Kier alpha value is -1.80. The molecular formula is C13H12BrNO3. The second-order valence-electron chi connectivity index (χ2n) is 3.47. The standard InChI is InChI=1S/C13H12BrNO3/c1-2-10(8-15)18-13-9(6-7-12(16)17)4-3-5-11(13)14/h3-7,10H,2H2,1H3,(H,16,17). The third-order valence-corrected chi connectivity index (χ3v) is 2.80. The molecular weight excluding hydrogens is 298 g/mol. The van der Waals surface area contributed by atoms with Crippen LogP contribution in [0.5, 0.6) is 5.75 Å². The zero-order valence-electron chi connectivity index (χ0n) is 9.76. The molecule has 4 nitrogen and oxygen atoms in total. The van der Waals surface area contributed by atoms with E-state index in [1.807, 2.05) is 13.0 Å². The number of carboxylic acids is 1. The van der Waals surface area contributed by atoms with Crippen LogP contribution < -0.4 is 4.74 Å². The van der Waals surface area contributed by atoms with Crippen LogP contribution in [-0.2, 0) is 4.79 Å². The average Bonchev–Trinajstić information content (AvgIpc) is 2.35. The second-order valence-corrected chi connectivity index (χ2v) is 4.33. The number of aliphatic carboxylic acids is 1. The maximum absolute atomic E-state index is 10.5. The average molecular weight is 310 g/mol. The van der Waals surface area contributed by atoms with Gasteiger partial charge in [0, 0.05) is 11.6 Å². The maximum Gasteiger partial charge on any atom is 0.328 e. The van der Waals surface area contributed by atoms with Crippen LogP contribution in [0.25, 0.3) is 6.08 Å². The monoisotopic (exact) mass is 309 g/mol. The Bertz CT molecular complexity index is 505. The number of nitrogens with zero attached hydrogens (tertiary/aromatic N) is 1. The molecule has 0 saturated carbocycles. The largest absolute Gasteiger partial charge is 0.478 e. The number of halogens is 1. The fourth-order valence-corrected chi connectivity index (χ4v) is 1.76. The minimum atomic E-state index is -1.03. The van der Waals surface area contributed by atoms with Crippen molar-refractivity contribution in [3.05, 3.63) is 34.3 Å². The van der Waals surface area contributed by atoms with Gasteiger partial charge in [0.1, 0.15) is 11.8 Å². The summed E-state index contributed by atoms with van der Waals surface area (Å²) in [5.74, 6) is -0.559. The molecule has 0 fully saturated rings. The van der Waals surface area contributed by atoms with Crippen LogP contribution in [0.1, 0.15) is 18.9 Å². The molecule has 0 aliphatic rings. The molecule has 1 unspecified atom stereocenters. The van der Waals surface area contributed by atoms with Crippen molar-refractivity contribution < 1.29 is 14.6 Å². The van der Waals surface area contributed by atoms with E-state index in [1.54, 1.807) is 18.2 Å². The molecule has 94 valence electrons. The number of para-hydroxylation sites is 1. The molecule has 0 aliphatic heterocycles. The summed E-state index contributed by atoms with van der Waals surface area (Å²) >= 11 is 3.33. The number of hydrogen-bond donors (Lipinski definition) is 1. The summed E-state index contributed by atoms with van der Waals surface area (Å²) in [7, 11) is 0. The molecule has 1 aromatic rings. The Balaban J connectivity index is 3.08. The zero-order chi connectivity index (χ0) is 13.5. The molecule has 0 bridgehead atoms. The maximum atomic E-state index is 10.5. The van der Waals surface area contributed by atoms with Crippen LogP contribution in [0, 0.1) is 11.3 Å². The van der Waals surface area contributed by atoms with Gasteiger partial charge in [0.15, 0.2) is 6.10 Å². The fraction of sp³-hybridized carbons (Fsp3) is 0.231. The van der Waals surface area contributed by atoms with E-state index in [-0.39, 0.29) is 0 Å². The summed E-state index contributed by atoms with van der Waals surface area (Å²) in [5.41, 5.74) is 0.612. The summed E-state index contributed by atoms with van der Waals surface area (Å²) in [5, 5.41) is 17.5. The molecule has 0 aliphatic carbocycles.